The van der Waals surface area contributed by atoms with Crippen LogP contribution < -0.4 is 5.32 Å². The van der Waals surface area contributed by atoms with E-state index in [1.165, 1.54) is 51.4 Å². The molecule has 3 unspecified atom stereocenters. The van der Waals surface area contributed by atoms with E-state index >= 15 is 0 Å². The largest absolute Gasteiger partial charge is 0.472 e. The van der Waals surface area contributed by atoms with E-state index in [-0.39, 0.29) is 25.5 Å². The van der Waals surface area contributed by atoms with Crippen molar-refractivity contribution in [2.75, 3.05) is 40.9 Å². The molecule has 0 saturated carbocycles. The predicted molar refractivity (Wildman–Crippen MR) is 198 cm³/mol. The second-order valence-electron chi connectivity index (χ2n) is 13.2. The molecular formula is C38H70N2O6P+. The van der Waals surface area contributed by atoms with Crippen LogP contribution in [0.3, 0.4) is 0 Å². The number of hydrogen-bond acceptors (Lipinski definition) is 5. The molecule has 0 bridgehead atoms. The number of allylic oxidation sites excluding steroid dienone is 9. The molecular weight excluding hydrogens is 611 g/mol. The van der Waals surface area contributed by atoms with Crippen LogP contribution >= 0.6 is 7.82 Å². The molecule has 0 aliphatic heterocycles. The molecule has 0 saturated heterocycles. The van der Waals surface area contributed by atoms with Crippen LogP contribution in [0.2, 0.25) is 0 Å². The molecule has 0 aromatic rings. The smallest absolute Gasteiger partial charge is 0.387 e. The molecule has 47 heavy (non-hydrogen) atoms. The minimum absolute atomic E-state index is 0.0461. The van der Waals surface area contributed by atoms with Crippen molar-refractivity contribution in [2.45, 2.75) is 135 Å². The van der Waals surface area contributed by atoms with Crippen LogP contribution in [0, 0.1) is 0 Å². The first-order chi connectivity index (χ1) is 22.5. The number of phosphoric ester groups is 1. The Kier molecular flexibility index (Phi) is 29.1. The number of quaternary nitrogens is 1. The highest BCUT2D eigenvalue weighted by Crippen LogP contribution is 2.43. The topological polar surface area (TPSA) is 105 Å². The molecule has 0 aliphatic rings. The normalized spacial score (nSPS) is 15.5. The van der Waals surface area contributed by atoms with Gasteiger partial charge in [0.05, 0.1) is 39.9 Å². The summed E-state index contributed by atoms with van der Waals surface area (Å²) in [5.74, 6) is -0.262. The Bertz CT molecular complexity index is 954. The molecule has 0 spiro atoms. The summed E-state index contributed by atoms with van der Waals surface area (Å²) < 4.78 is 23.4. The SMILES string of the molecule is CC/C=C\C/C=C\C/C=C\C/C=C\CCC(=O)NC(COP(=O)(O)OCC[N+](C)(C)C)C(O)/C=C/CCCCCCCCCCCC. The van der Waals surface area contributed by atoms with Crippen LogP contribution in [0.4, 0.5) is 0 Å². The third-order valence-corrected chi connectivity index (χ3v) is 8.49. The van der Waals surface area contributed by atoms with Crippen molar-refractivity contribution >= 4 is 13.7 Å². The van der Waals surface area contributed by atoms with Crippen LogP contribution in [-0.4, -0.2) is 73.4 Å². The Morgan fingerprint density at radius 3 is 1.83 bits per heavy atom. The van der Waals surface area contributed by atoms with E-state index < -0.39 is 20.0 Å². The van der Waals surface area contributed by atoms with Crippen molar-refractivity contribution in [1.82, 2.24) is 5.32 Å². The van der Waals surface area contributed by atoms with Gasteiger partial charge in [-0.2, -0.15) is 0 Å². The van der Waals surface area contributed by atoms with Crippen LogP contribution in [-0.2, 0) is 18.4 Å². The number of likely N-dealkylation sites (N-methyl/N-ethyl adjacent to an activating group) is 1. The average Bonchev–Trinajstić information content (AvgIpc) is 3.01. The van der Waals surface area contributed by atoms with Crippen LogP contribution in [0.1, 0.15) is 123 Å². The fourth-order valence-corrected chi connectivity index (χ4v) is 5.31. The van der Waals surface area contributed by atoms with Gasteiger partial charge in [0.2, 0.25) is 5.91 Å². The fourth-order valence-electron chi connectivity index (χ4n) is 4.58. The molecule has 0 aromatic heterocycles. The minimum atomic E-state index is -4.35. The number of aliphatic hydroxyl groups excluding tert-OH is 1. The van der Waals surface area contributed by atoms with Crippen LogP contribution in [0.15, 0.2) is 60.8 Å². The number of rotatable bonds is 31. The number of aliphatic hydroxyl groups is 1. The van der Waals surface area contributed by atoms with Gasteiger partial charge in [0.25, 0.3) is 0 Å². The zero-order chi connectivity index (χ0) is 35.1. The van der Waals surface area contributed by atoms with E-state index in [0.29, 0.717) is 17.4 Å². The average molecular weight is 682 g/mol. The summed E-state index contributed by atoms with van der Waals surface area (Å²) in [7, 11) is 1.51. The summed E-state index contributed by atoms with van der Waals surface area (Å²) in [5.41, 5.74) is 0. The monoisotopic (exact) mass is 681 g/mol. The lowest BCUT2D eigenvalue weighted by atomic mass is 10.1. The van der Waals surface area contributed by atoms with Gasteiger partial charge in [-0.3, -0.25) is 13.8 Å². The number of nitrogens with zero attached hydrogens (tertiary/aromatic N) is 1. The van der Waals surface area contributed by atoms with Crippen molar-refractivity contribution in [2.24, 2.45) is 0 Å². The lowest BCUT2D eigenvalue weighted by Gasteiger charge is -2.25. The van der Waals surface area contributed by atoms with E-state index in [9.17, 15) is 19.4 Å². The zero-order valence-corrected chi connectivity index (χ0v) is 31.4. The summed E-state index contributed by atoms with van der Waals surface area (Å²) in [6.45, 7) is 4.59. The maximum absolute atomic E-state index is 12.7. The minimum Gasteiger partial charge on any atom is -0.387 e. The fraction of sp³-hybridized carbons (Fsp3) is 0.711. The molecule has 272 valence electrons. The highest BCUT2D eigenvalue weighted by molar-refractivity contribution is 7.47. The standard InChI is InChI=1S/C38H69N2O6P/c1-6-8-10-12-14-16-18-20-22-24-26-28-30-32-38(42)39-36(35-46-47(43,44)45-34-33-40(3,4)5)37(41)31-29-27-25-23-21-19-17-15-13-11-9-7-2/h8,10,14,16,20,22,26,28-29,31,36-37,41H,6-7,9,11-13,15,17-19,21,23-25,27,30,32-35H2,1-5H3,(H-,39,42,43,44)/p+1/b10-8-,16-14-,22-20-,28-26-,31-29+. The molecule has 0 rings (SSSR count). The van der Waals surface area contributed by atoms with Gasteiger partial charge in [-0.05, 0) is 44.9 Å². The molecule has 3 atom stereocenters. The van der Waals surface area contributed by atoms with Crippen molar-refractivity contribution in [3.8, 4) is 0 Å². The first kappa shape index (κ1) is 45.2. The highest BCUT2D eigenvalue weighted by Gasteiger charge is 2.27. The van der Waals surface area contributed by atoms with Crippen molar-refractivity contribution < 1.29 is 32.9 Å². The quantitative estimate of drug-likeness (QED) is 0.0292. The number of phosphoric acid groups is 1. The molecule has 0 aliphatic carbocycles. The molecule has 0 heterocycles. The summed E-state index contributed by atoms with van der Waals surface area (Å²) in [5, 5.41) is 13.6. The second-order valence-corrected chi connectivity index (χ2v) is 14.7. The number of amides is 1. The number of hydrogen-bond donors (Lipinski definition) is 3. The van der Waals surface area contributed by atoms with Crippen LogP contribution in [0.5, 0.6) is 0 Å². The van der Waals surface area contributed by atoms with Gasteiger partial charge >= 0.3 is 7.82 Å². The van der Waals surface area contributed by atoms with E-state index in [4.69, 9.17) is 9.05 Å². The molecule has 3 N–H and O–H groups in total. The van der Waals surface area contributed by atoms with E-state index in [1.807, 2.05) is 39.4 Å². The lowest BCUT2D eigenvalue weighted by Crippen LogP contribution is -2.45. The highest BCUT2D eigenvalue weighted by atomic mass is 31.2. The van der Waals surface area contributed by atoms with Gasteiger partial charge in [0.1, 0.15) is 13.2 Å². The van der Waals surface area contributed by atoms with Gasteiger partial charge in [0.15, 0.2) is 0 Å². The Morgan fingerprint density at radius 1 is 0.745 bits per heavy atom. The lowest BCUT2D eigenvalue weighted by molar-refractivity contribution is -0.870. The molecule has 1 amide bonds. The Labute approximate surface area is 288 Å². The summed E-state index contributed by atoms with van der Waals surface area (Å²) >= 11 is 0. The van der Waals surface area contributed by atoms with Gasteiger partial charge in [-0.15, -0.1) is 0 Å². The van der Waals surface area contributed by atoms with Gasteiger partial charge in [-0.1, -0.05) is 132 Å². The van der Waals surface area contributed by atoms with Crippen molar-refractivity contribution in [1.29, 1.82) is 0 Å². The predicted octanol–water partition coefficient (Wildman–Crippen LogP) is 9.12. The molecule has 0 fully saturated rings. The maximum atomic E-state index is 12.7. The molecule has 0 aromatic carbocycles. The van der Waals surface area contributed by atoms with Gasteiger partial charge in [0, 0.05) is 6.42 Å². The van der Waals surface area contributed by atoms with E-state index in [1.54, 1.807) is 6.08 Å². The number of nitrogens with one attached hydrogen (secondary N) is 1. The van der Waals surface area contributed by atoms with Gasteiger partial charge in [-0.25, -0.2) is 4.57 Å². The van der Waals surface area contributed by atoms with E-state index in [2.05, 4.69) is 55.6 Å². The summed E-state index contributed by atoms with van der Waals surface area (Å²) in [4.78, 5) is 22.9. The Hall–Kier alpha value is -1.80. The number of carbonyl (C=O) groups excluding carboxylic acids is 1. The van der Waals surface area contributed by atoms with Crippen molar-refractivity contribution in [3.63, 3.8) is 0 Å². The third-order valence-electron chi connectivity index (χ3n) is 7.51. The Morgan fingerprint density at radius 2 is 1.28 bits per heavy atom. The van der Waals surface area contributed by atoms with E-state index in [0.717, 1.165) is 44.9 Å². The third kappa shape index (κ3) is 32.5. The van der Waals surface area contributed by atoms with Crippen LogP contribution in [0.25, 0.3) is 0 Å². The summed E-state index contributed by atoms with van der Waals surface area (Å²) in [6.07, 6.45) is 37.3. The second kappa shape index (κ2) is 30.3. The maximum Gasteiger partial charge on any atom is 0.472 e. The molecule has 9 heteroatoms. The van der Waals surface area contributed by atoms with Gasteiger partial charge < -0.3 is 19.8 Å². The zero-order valence-electron chi connectivity index (χ0n) is 30.5. The summed E-state index contributed by atoms with van der Waals surface area (Å²) in [6, 6.07) is -0.883. The first-order valence-corrected chi connectivity index (χ1v) is 19.7. The first-order valence-electron chi connectivity index (χ1n) is 18.2. The molecule has 8 nitrogen and oxygen atoms in total. The number of carbonyl (C=O) groups is 1. The van der Waals surface area contributed by atoms with Crippen molar-refractivity contribution in [3.05, 3.63) is 60.8 Å². The Balaban J connectivity index is 4.72. The number of unbranched alkanes of at least 4 members (excludes halogenated alkanes) is 10. The molecule has 0 radical (unpaired) electrons.